The number of hydrogen-bond acceptors (Lipinski definition) is 3. The molecule has 1 aliphatic heterocycles. The quantitative estimate of drug-likeness (QED) is 0.889. The molecule has 0 radical (unpaired) electrons. The molecule has 2 N–H and O–H groups in total. The lowest BCUT2D eigenvalue weighted by molar-refractivity contribution is -0.127. The maximum atomic E-state index is 13.0. The van der Waals surface area contributed by atoms with Crippen molar-refractivity contribution in [3.8, 4) is 5.75 Å². The van der Waals surface area contributed by atoms with Crippen LogP contribution in [0.25, 0.3) is 0 Å². The molecular formula is C13H17ClF2N2O2. The molecule has 0 spiro atoms. The average molecular weight is 307 g/mol. The predicted octanol–water partition coefficient (Wildman–Crippen LogP) is 1.63. The van der Waals surface area contributed by atoms with E-state index in [1.54, 1.807) is 6.92 Å². The van der Waals surface area contributed by atoms with Crippen molar-refractivity contribution < 1.29 is 18.3 Å². The summed E-state index contributed by atoms with van der Waals surface area (Å²) in [4.78, 5) is 11.8. The van der Waals surface area contributed by atoms with Crippen LogP contribution in [0.4, 0.5) is 8.78 Å². The molecule has 0 saturated carbocycles. The molecule has 4 nitrogen and oxygen atoms in total. The van der Waals surface area contributed by atoms with Crippen LogP contribution in [0, 0.1) is 11.6 Å². The Bertz CT molecular complexity index is 468. The minimum absolute atomic E-state index is 0. The zero-order valence-corrected chi connectivity index (χ0v) is 11.8. The number of carbonyl (C=O) groups is 1. The van der Waals surface area contributed by atoms with E-state index >= 15 is 0 Å². The number of benzene rings is 1. The Hall–Kier alpha value is -1.40. The molecule has 1 aliphatic rings. The first-order chi connectivity index (χ1) is 9.06. The Balaban J connectivity index is 0.00000200. The largest absolute Gasteiger partial charge is 0.481 e. The summed E-state index contributed by atoms with van der Waals surface area (Å²) in [7, 11) is 0. The third-order valence-electron chi connectivity index (χ3n) is 2.98. The third kappa shape index (κ3) is 4.31. The minimum atomic E-state index is -0.995. The maximum absolute atomic E-state index is 13.0. The first kappa shape index (κ1) is 16.7. The van der Waals surface area contributed by atoms with E-state index < -0.39 is 17.7 Å². The van der Waals surface area contributed by atoms with Crippen molar-refractivity contribution in [1.82, 2.24) is 10.6 Å². The summed E-state index contributed by atoms with van der Waals surface area (Å²) in [5.74, 6) is -2.07. The van der Waals surface area contributed by atoms with Crippen LogP contribution in [0.1, 0.15) is 13.3 Å². The van der Waals surface area contributed by atoms with Gasteiger partial charge in [-0.15, -0.1) is 12.4 Å². The number of amides is 1. The minimum Gasteiger partial charge on any atom is -0.481 e. The summed E-state index contributed by atoms with van der Waals surface area (Å²) in [5, 5.41) is 5.96. The van der Waals surface area contributed by atoms with E-state index in [0.717, 1.165) is 31.6 Å². The first-order valence-corrected chi connectivity index (χ1v) is 6.19. The standard InChI is InChI=1S/C13H16F2N2O2.ClH/c1-8(13(18)17-9-4-5-16-7-9)19-10-2-3-11(14)12(15)6-10;/h2-3,6,8-9,16H,4-5,7H2,1H3,(H,17,18);1H. The van der Waals surface area contributed by atoms with Crippen molar-refractivity contribution in [3.05, 3.63) is 29.8 Å². The molecule has 2 unspecified atom stereocenters. The number of hydrogen-bond donors (Lipinski definition) is 2. The molecule has 1 fully saturated rings. The van der Waals surface area contributed by atoms with Crippen molar-refractivity contribution in [2.75, 3.05) is 13.1 Å². The van der Waals surface area contributed by atoms with E-state index in [1.807, 2.05) is 0 Å². The highest BCUT2D eigenvalue weighted by Crippen LogP contribution is 2.16. The Morgan fingerprint density at radius 3 is 2.80 bits per heavy atom. The second-order valence-corrected chi connectivity index (χ2v) is 4.53. The smallest absolute Gasteiger partial charge is 0.261 e. The lowest BCUT2D eigenvalue weighted by Crippen LogP contribution is -2.43. The van der Waals surface area contributed by atoms with Crippen LogP contribution in [-0.4, -0.2) is 31.1 Å². The zero-order chi connectivity index (χ0) is 13.8. The number of nitrogens with one attached hydrogen (secondary N) is 2. The van der Waals surface area contributed by atoms with Gasteiger partial charge in [-0.1, -0.05) is 0 Å². The summed E-state index contributed by atoms with van der Waals surface area (Å²) < 4.78 is 31.0. The Kier molecular flexibility index (Phi) is 6.16. The van der Waals surface area contributed by atoms with E-state index in [4.69, 9.17) is 4.74 Å². The zero-order valence-electron chi connectivity index (χ0n) is 11.0. The molecule has 0 bridgehead atoms. The van der Waals surface area contributed by atoms with E-state index in [1.165, 1.54) is 6.07 Å². The van der Waals surface area contributed by atoms with Gasteiger partial charge in [0.25, 0.3) is 5.91 Å². The number of halogens is 3. The van der Waals surface area contributed by atoms with E-state index in [0.29, 0.717) is 0 Å². The molecular weight excluding hydrogens is 290 g/mol. The predicted molar refractivity (Wildman–Crippen MR) is 73.1 cm³/mol. The average Bonchev–Trinajstić information content (AvgIpc) is 2.86. The van der Waals surface area contributed by atoms with Crippen molar-refractivity contribution in [3.63, 3.8) is 0 Å². The van der Waals surface area contributed by atoms with Crippen LogP contribution in [0.15, 0.2) is 18.2 Å². The fourth-order valence-corrected chi connectivity index (χ4v) is 1.90. The fourth-order valence-electron chi connectivity index (χ4n) is 1.90. The SMILES string of the molecule is CC(Oc1ccc(F)c(F)c1)C(=O)NC1CCNC1.Cl. The normalized spacial score (nSPS) is 19.1. The van der Waals surface area contributed by atoms with Crippen molar-refractivity contribution in [2.24, 2.45) is 0 Å². The van der Waals surface area contributed by atoms with Gasteiger partial charge in [0.2, 0.25) is 0 Å². The molecule has 20 heavy (non-hydrogen) atoms. The van der Waals surface area contributed by atoms with Crippen molar-refractivity contribution in [2.45, 2.75) is 25.5 Å². The van der Waals surface area contributed by atoms with Crippen LogP contribution in [0.5, 0.6) is 5.75 Å². The van der Waals surface area contributed by atoms with Gasteiger partial charge in [-0.05, 0) is 32.0 Å². The molecule has 112 valence electrons. The lowest BCUT2D eigenvalue weighted by Gasteiger charge is -2.17. The van der Waals surface area contributed by atoms with Gasteiger partial charge in [-0.3, -0.25) is 4.79 Å². The van der Waals surface area contributed by atoms with Gasteiger partial charge in [-0.2, -0.15) is 0 Å². The highest BCUT2D eigenvalue weighted by molar-refractivity contribution is 5.85. The van der Waals surface area contributed by atoms with Crippen molar-refractivity contribution >= 4 is 18.3 Å². The van der Waals surface area contributed by atoms with Crippen LogP contribution >= 0.6 is 12.4 Å². The monoisotopic (exact) mass is 306 g/mol. The lowest BCUT2D eigenvalue weighted by atomic mass is 10.2. The second-order valence-electron chi connectivity index (χ2n) is 4.53. The van der Waals surface area contributed by atoms with Gasteiger partial charge in [0.05, 0.1) is 0 Å². The summed E-state index contributed by atoms with van der Waals surface area (Å²) in [6.07, 6.45) is 0.120. The van der Waals surface area contributed by atoms with Crippen LogP contribution < -0.4 is 15.4 Å². The molecule has 0 aliphatic carbocycles. The van der Waals surface area contributed by atoms with E-state index in [-0.39, 0.29) is 30.1 Å². The van der Waals surface area contributed by atoms with Gasteiger partial charge >= 0.3 is 0 Å². The van der Waals surface area contributed by atoms with Gasteiger partial charge in [0.1, 0.15) is 5.75 Å². The van der Waals surface area contributed by atoms with Gasteiger partial charge in [0, 0.05) is 18.7 Å². The molecule has 1 saturated heterocycles. The maximum Gasteiger partial charge on any atom is 0.261 e. The molecule has 1 amide bonds. The summed E-state index contributed by atoms with van der Waals surface area (Å²) in [6, 6.07) is 3.29. The topological polar surface area (TPSA) is 50.4 Å². The first-order valence-electron chi connectivity index (χ1n) is 6.19. The summed E-state index contributed by atoms with van der Waals surface area (Å²) in [5.41, 5.74) is 0. The highest BCUT2D eigenvalue weighted by atomic mass is 35.5. The number of ether oxygens (including phenoxy) is 1. The molecule has 2 atom stereocenters. The van der Waals surface area contributed by atoms with Crippen molar-refractivity contribution in [1.29, 1.82) is 0 Å². The van der Waals surface area contributed by atoms with E-state index in [2.05, 4.69) is 10.6 Å². The third-order valence-corrected chi connectivity index (χ3v) is 2.98. The Labute approximate surface area is 122 Å². The van der Waals surface area contributed by atoms with E-state index in [9.17, 15) is 13.6 Å². The Morgan fingerprint density at radius 2 is 2.20 bits per heavy atom. The number of carbonyl (C=O) groups excluding carboxylic acids is 1. The number of rotatable bonds is 4. The summed E-state index contributed by atoms with van der Waals surface area (Å²) >= 11 is 0. The molecule has 1 heterocycles. The fraction of sp³-hybridized carbons (Fsp3) is 0.462. The molecule has 1 aromatic rings. The molecule has 0 aromatic heterocycles. The molecule has 7 heteroatoms. The highest BCUT2D eigenvalue weighted by Gasteiger charge is 2.21. The van der Waals surface area contributed by atoms with Crippen LogP contribution in [0.2, 0.25) is 0 Å². The molecule has 2 rings (SSSR count). The molecule has 1 aromatic carbocycles. The van der Waals surface area contributed by atoms with Gasteiger partial charge in [0.15, 0.2) is 17.7 Å². The van der Waals surface area contributed by atoms with Crippen LogP contribution in [-0.2, 0) is 4.79 Å². The second kappa shape index (κ2) is 7.40. The van der Waals surface area contributed by atoms with Crippen LogP contribution in [0.3, 0.4) is 0 Å². The van der Waals surface area contributed by atoms with Gasteiger partial charge in [-0.25, -0.2) is 8.78 Å². The summed E-state index contributed by atoms with van der Waals surface area (Å²) in [6.45, 7) is 3.19. The Morgan fingerprint density at radius 1 is 1.45 bits per heavy atom. The van der Waals surface area contributed by atoms with Gasteiger partial charge < -0.3 is 15.4 Å².